The van der Waals surface area contributed by atoms with Crippen molar-refractivity contribution in [2.45, 2.75) is 32.6 Å². The third-order valence-corrected chi connectivity index (χ3v) is 3.16. The second kappa shape index (κ2) is 8.48. The van der Waals surface area contributed by atoms with E-state index < -0.39 is 0 Å². The summed E-state index contributed by atoms with van der Waals surface area (Å²) in [6.07, 6.45) is 5.03. The van der Waals surface area contributed by atoms with Crippen LogP contribution < -0.4 is 15.8 Å². The molecule has 1 rings (SSSR count). The molecule has 5 nitrogen and oxygen atoms in total. The number of anilines is 1. The predicted octanol–water partition coefficient (Wildman–Crippen LogP) is 2.18. The van der Waals surface area contributed by atoms with Crippen LogP contribution in [0.5, 0.6) is 5.88 Å². The monoisotopic (exact) mass is 265 g/mol. The van der Waals surface area contributed by atoms with Gasteiger partial charge in [-0.3, -0.25) is 4.79 Å². The summed E-state index contributed by atoms with van der Waals surface area (Å²) in [7, 11) is 1.56. The number of nitrogens with one attached hydrogen (secondary N) is 1. The summed E-state index contributed by atoms with van der Waals surface area (Å²) in [6.45, 7) is 2.81. The van der Waals surface area contributed by atoms with Gasteiger partial charge in [0.15, 0.2) is 0 Å². The Bertz CT molecular complexity index is 379. The first-order valence-electron chi connectivity index (χ1n) is 6.69. The Kier molecular flexibility index (Phi) is 6.89. The van der Waals surface area contributed by atoms with Gasteiger partial charge in [-0.15, -0.1) is 0 Å². The van der Waals surface area contributed by atoms with E-state index >= 15 is 0 Å². The van der Waals surface area contributed by atoms with E-state index in [-0.39, 0.29) is 5.91 Å². The van der Waals surface area contributed by atoms with Gasteiger partial charge in [-0.1, -0.05) is 13.3 Å². The molecule has 0 aromatic carbocycles. The molecule has 0 saturated carbocycles. The van der Waals surface area contributed by atoms with Crippen molar-refractivity contribution in [3.63, 3.8) is 0 Å². The van der Waals surface area contributed by atoms with Crippen LogP contribution in [0.3, 0.4) is 0 Å². The number of carbonyl (C=O) groups excluding carboxylic acids is 1. The highest BCUT2D eigenvalue weighted by molar-refractivity contribution is 5.90. The third kappa shape index (κ3) is 5.70. The van der Waals surface area contributed by atoms with Gasteiger partial charge in [-0.25, -0.2) is 4.98 Å². The summed E-state index contributed by atoms with van der Waals surface area (Å²) in [5, 5.41) is 2.83. The maximum absolute atomic E-state index is 11.8. The number of hydrogen-bond donors (Lipinski definition) is 2. The Morgan fingerprint density at radius 1 is 1.47 bits per heavy atom. The Labute approximate surface area is 114 Å². The van der Waals surface area contributed by atoms with E-state index in [1.165, 1.54) is 0 Å². The van der Waals surface area contributed by atoms with E-state index in [9.17, 15) is 4.79 Å². The number of rotatable bonds is 8. The fraction of sp³-hybridized carbons (Fsp3) is 0.571. The van der Waals surface area contributed by atoms with Crippen molar-refractivity contribution < 1.29 is 9.53 Å². The Hall–Kier alpha value is -1.62. The molecule has 0 saturated heterocycles. The molecule has 0 bridgehead atoms. The van der Waals surface area contributed by atoms with Gasteiger partial charge in [0, 0.05) is 12.5 Å². The molecule has 1 aromatic rings. The predicted molar refractivity (Wildman–Crippen MR) is 76.1 cm³/mol. The second-order valence-corrected chi connectivity index (χ2v) is 4.53. The molecule has 0 spiro atoms. The summed E-state index contributed by atoms with van der Waals surface area (Å²) in [6, 6.07) is 3.50. The molecule has 1 heterocycles. The maximum Gasteiger partial charge on any atom is 0.224 e. The number of amides is 1. The minimum Gasteiger partial charge on any atom is -0.481 e. The van der Waals surface area contributed by atoms with Crippen molar-refractivity contribution in [3.05, 3.63) is 18.3 Å². The Morgan fingerprint density at radius 3 is 2.79 bits per heavy atom. The molecule has 0 fully saturated rings. The molecule has 3 N–H and O–H groups in total. The minimum absolute atomic E-state index is 0.0161. The van der Waals surface area contributed by atoms with Crippen molar-refractivity contribution in [1.29, 1.82) is 0 Å². The van der Waals surface area contributed by atoms with Crippen LogP contribution in [0.2, 0.25) is 0 Å². The molecule has 1 aromatic heterocycles. The average Bonchev–Trinajstić information content (AvgIpc) is 2.44. The molecular weight excluding hydrogens is 242 g/mol. The first kappa shape index (κ1) is 15.4. The summed E-state index contributed by atoms with van der Waals surface area (Å²) in [5.41, 5.74) is 6.23. The molecule has 19 heavy (non-hydrogen) atoms. The van der Waals surface area contributed by atoms with E-state index in [2.05, 4.69) is 17.2 Å². The average molecular weight is 265 g/mol. The van der Waals surface area contributed by atoms with Gasteiger partial charge in [-0.05, 0) is 31.4 Å². The maximum atomic E-state index is 11.8. The standard InChI is InChI=1S/C14H23N3O2/c1-3-11(8-9-15)4-6-13(18)17-12-5-7-14(19-2)16-10-12/h5,7,10-11H,3-4,6,8-9,15H2,1-2H3,(H,17,18). The Morgan fingerprint density at radius 2 is 2.26 bits per heavy atom. The quantitative estimate of drug-likeness (QED) is 0.755. The van der Waals surface area contributed by atoms with Gasteiger partial charge in [0.2, 0.25) is 11.8 Å². The molecule has 1 atom stereocenters. The van der Waals surface area contributed by atoms with Crippen LogP contribution >= 0.6 is 0 Å². The number of nitrogens with zero attached hydrogens (tertiary/aromatic N) is 1. The number of carbonyl (C=O) groups is 1. The molecule has 5 heteroatoms. The molecule has 0 aliphatic carbocycles. The normalized spacial score (nSPS) is 11.9. The summed E-state index contributed by atoms with van der Waals surface area (Å²) < 4.78 is 4.96. The van der Waals surface area contributed by atoms with E-state index in [0.29, 0.717) is 30.5 Å². The zero-order valence-corrected chi connectivity index (χ0v) is 11.7. The fourth-order valence-corrected chi connectivity index (χ4v) is 1.92. The van der Waals surface area contributed by atoms with Crippen LogP contribution in [0.1, 0.15) is 32.6 Å². The lowest BCUT2D eigenvalue weighted by Gasteiger charge is -2.13. The van der Waals surface area contributed by atoms with E-state index in [1.807, 2.05) is 0 Å². The van der Waals surface area contributed by atoms with Crippen LogP contribution in [0.4, 0.5) is 5.69 Å². The molecular formula is C14H23N3O2. The number of ether oxygens (including phenoxy) is 1. The molecule has 0 radical (unpaired) electrons. The lowest BCUT2D eigenvalue weighted by Crippen LogP contribution is -2.15. The lowest BCUT2D eigenvalue weighted by atomic mass is 9.96. The molecule has 106 valence electrons. The zero-order valence-electron chi connectivity index (χ0n) is 11.7. The van der Waals surface area contributed by atoms with Crippen molar-refractivity contribution in [2.75, 3.05) is 19.0 Å². The van der Waals surface area contributed by atoms with Crippen molar-refractivity contribution in [3.8, 4) is 5.88 Å². The van der Waals surface area contributed by atoms with Crippen LogP contribution in [0.15, 0.2) is 18.3 Å². The third-order valence-electron chi connectivity index (χ3n) is 3.16. The SMILES string of the molecule is CCC(CCN)CCC(=O)Nc1ccc(OC)nc1. The summed E-state index contributed by atoms with van der Waals surface area (Å²) >= 11 is 0. The van der Waals surface area contributed by atoms with Crippen LogP contribution in [0, 0.1) is 5.92 Å². The highest BCUT2D eigenvalue weighted by Gasteiger charge is 2.09. The second-order valence-electron chi connectivity index (χ2n) is 4.53. The van der Waals surface area contributed by atoms with Crippen LogP contribution in [-0.2, 0) is 4.79 Å². The van der Waals surface area contributed by atoms with E-state index in [0.717, 1.165) is 19.3 Å². The summed E-state index contributed by atoms with van der Waals surface area (Å²) in [5.74, 6) is 1.08. The van der Waals surface area contributed by atoms with Crippen molar-refractivity contribution in [1.82, 2.24) is 4.98 Å². The highest BCUT2D eigenvalue weighted by atomic mass is 16.5. The fourth-order valence-electron chi connectivity index (χ4n) is 1.92. The van der Waals surface area contributed by atoms with Gasteiger partial charge in [0.25, 0.3) is 0 Å². The number of nitrogens with two attached hydrogens (primary N) is 1. The first-order chi connectivity index (χ1) is 9.19. The topological polar surface area (TPSA) is 77.2 Å². The van der Waals surface area contributed by atoms with Gasteiger partial charge in [-0.2, -0.15) is 0 Å². The van der Waals surface area contributed by atoms with Gasteiger partial charge in [0.1, 0.15) is 0 Å². The van der Waals surface area contributed by atoms with Crippen molar-refractivity contribution in [2.24, 2.45) is 11.7 Å². The van der Waals surface area contributed by atoms with Gasteiger partial charge in [0.05, 0.1) is 19.0 Å². The lowest BCUT2D eigenvalue weighted by molar-refractivity contribution is -0.116. The smallest absolute Gasteiger partial charge is 0.224 e. The molecule has 0 aliphatic heterocycles. The van der Waals surface area contributed by atoms with E-state index in [4.69, 9.17) is 10.5 Å². The minimum atomic E-state index is 0.0161. The highest BCUT2D eigenvalue weighted by Crippen LogP contribution is 2.16. The largest absolute Gasteiger partial charge is 0.481 e. The van der Waals surface area contributed by atoms with Crippen LogP contribution in [-0.4, -0.2) is 24.5 Å². The molecule has 1 unspecified atom stereocenters. The van der Waals surface area contributed by atoms with Gasteiger partial charge < -0.3 is 15.8 Å². The summed E-state index contributed by atoms with van der Waals surface area (Å²) in [4.78, 5) is 15.8. The number of methoxy groups -OCH3 is 1. The number of pyridine rings is 1. The van der Waals surface area contributed by atoms with Crippen LogP contribution in [0.25, 0.3) is 0 Å². The number of hydrogen-bond acceptors (Lipinski definition) is 4. The first-order valence-corrected chi connectivity index (χ1v) is 6.69. The number of aromatic nitrogens is 1. The van der Waals surface area contributed by atoms with E-state index in [1.54, 1.807) is 25.4 Å². The Balaban J connectivity index is 2.37. The molecule has 1 amide bonds. The van der Waals surface area contributed by atoms with Gasteiger partial charge >= 0.3 is 0 Å². The molecule has 0 aliphatic rings. The zero-order chi connectivity index (χ0) is 14.1. The van der Waals surface area contributed by atoms with Crippen molar-refractivity contribution >= 4 is 11.6 Å².